The van der Waals surface area contributed by atoms with Gasteiger partial charge < -0.3 is 11.1 Å². The molecule has 0 aliphatic heterocycles. The van der Waals surface area contributed by atoms with Crippen molar-refractivity contribution < 1.29 is 4.39 Å². The zero-order valence-corrected chi connectivity index (χ0v) is 9.67. The van der Waals surface area contributed by atoms with Crippen molar-refractivity contribution in [1.29, 1.82) is 5.26 Å². The van der Waals surface area contributed by atoms with Gasteiger partial charge in [0.25, 0.3) is 0 Å². The SMILES string of the molecule is N#Cc1cc(F)ccc1NC1(CN)CCCC1. The number of anilines is 1. The van der Waals surface area contributed by atoms with E-state index in [1.807, 2.05) is 6.07 Å². The van der Waals surface area contributed by atoms with Crippen LogP contribution in [0.1, 0.15) is 31.2 Å². The Kier molecular flexibility index (Phi) is 3.30. The van der Waals surface area contributed by atoms with Gasteiger partial charge in [0.15, 0.2) is 0 Å². The average molecular weight is 233 g/mol. The van der Waals surface area contributed by atoms with E-state index in [0.29, 0.717) is 17.8 Å². The molecule has 3 nitrogen and oxygen atoms in total. The van der Waals surface area contributed by atoms with Crippen molar-refractivity contribution in [3.8, 4) is 6.07 Å². The van der Waals surface area contributed by atoms with E-state index in [4.69, 9.17) is 11.0 Å². The highest BCUT2D eigenvalue weighted by molar-refractivity contribution is 5.59. The predicted octanol–water partition coefficient (Wildman–Crippen LogP) is 2.38. The second-order valence-electron chi connectivity index (χ2n) is 4.62. The number of hydrogen-bond acceptors (Lipinski definition) is 3. The fraction of sp³-hybridized carbons (Fsp3) is 0.462. The summed E-state index contributed by atoms with van der Waals surface area (Å²) in [5.41, 5.74) is 6.72. The Balaban J connectivity index is 2.26. The Morgan fingerprint density at radius 1 is 1.41 bits per heavy atom. The van der Waals surface area contributed by atoms with Crippen molar-refractivity contribution in [1.82, 2.24) is 0 Å². The van der Waals surface area contributed by atoms with Gasteiger partial charge in [-0.25, -0.2) is 4.39 Å². The number of benzene rings is 1. The van der Waals surface area contributed by atoms with Crippen LogP contribution < -0.4 is 11.1 Å². The third kappa shape index (κ3) is 2.40. The minimum atomic E-state index is -0.389. The fourth-order valence-electron chi connectivity index (χ4n) is 2.44. The van der Waals surface area contributed by atoms with Gasteiger partial charge >= 0.3 is 0 Å². The summed E-state index contributed by atoms with van der Waals surface area (Å²) in [7, 11) is 0. The smallest absolute Gasteiger partial charge is 0.124 e. The fourth-order valence-corrected chi connectivity index (χ4v) is 2.44. The summed E-state index contributed by atoms with van der Waals surface area (Å²) in [5, 5.41) is 12.3. The number of rotatable bonds is 3. The molecule has 0 saturated heterocycles. The van der Waals surface area contributed by atoms with Gasteiger partial charge in [0.05, 0.1) is 11.3 Å². The average Bonchev–Trinajstić information content (AvgIpc) is 2.81. The molecule has 1 aromatic carbocycles. The van der Waals surface area contributed by atoms with Gasteiger partial charge in [-0.2, -0.15) is 5.26 Å². The Hall–Kier alpha value is -1.60. The molecule has 4 heteroatoms. The van der Waals surface area contributed by atoms with Crippen LogP contribution in [0.4, 0.5) is 10.1 Å². The number of halogens is 1. The minimum Gasteiger partial charge on any atom is -0.377 e. The molecule has 17 heavy (non-hydrogen) atoms. The van der Waals surface area contributed by atoms with E-state index in [1.54, 1.807) is 6.07 Å². The highest BCUT2D eigenvalue weighted by Crippen LogP contribution is 2.33. The lowest BCUT2D eigenvalue weighted by Crippen LogP contribution is -2.43. The maximum absolute atomic E-state index is 13.0. The molecule has 0 aromatic heterocycles. The van der Waals surface area contributed by atoms with E-state index < -0.39 is 0 Å². The third-order valence-corrected chi connectivity index (χ3v) is 3.45. The number of nitrogens with two attached hydrogens (primary N) is 1. The second kappa shape index (κ2) is 4.72. The van der Waals surface area contributed by atoms with Crippen LogP contribution in [0.5, 0.6) is 0 Å². The monoisotopic (exact) mass is 233 g/mol. The number of nitriles is 1. The predicted molar refractivity (Wildman–Crippen MR) is 65.0 cm³/mol. The molecule has 1 aliphatic carbocycles. The topological polar surface area (TPSA) is 61.8 Å². The standard InChI is InChI=1S/C13H16FN3/c14-11-3-4-12(10(7-11)8-15)17-13(9-16)5-1-2-6-13/h3-4,7,17H,1-2,5-6,9,16H2. The number of nitrogens with one attached hydrogen (secondary N) is 1. The zero-order valence-electron chi connectivity index (χ0n) is 9.67. The van der Waals surface area contributed by atoms with Gasteiger partial charge in [-0.15, -0.1) is 0 Å². The molecule has 2 rings (SSSR count). The first-order valence-electron chi connectivity index (χ1n) is 5.87. The van der Waals surface area contributed by atoms with Crippen LogP contribution in [0, 0.1) is 17.1 Å². The summed E-state index contributed by atoms with van der Waals surface area (Å²) in [4.78, 5) is 0. The summed E-state index contributed by atoms with van der Waals surface area (Å²) < 4.78 is 13.0. The molecule has 3 N–H and O–H groups in total. The highest BCUT2D eigenvalue weighted by Gasteiger charge is 2.32. The second-order valence-corrected chi connectivity index (χ2v) is 4.62. The molecule has 1 aromatic rings. The molecule has 0 unspecified atom stereocenters. The summed E-state index contributed by atoms with van der Waals surface area (Å²) >= 11 is 0. The number of nitrogens with zero attached hydrogens (tertiary/aromatic N) is 1. The Labute approximate surface area is 100 Å². The summed E-state index contributed by atoms with van der Waals surface area (Å²) in [6.07, 6.45) is 4.30. The first-order chi connectivity index (χ1) is 8.19. The van der Waals surface area contributed by atoms with Gasteiger partial charge in [-0.1, -0.05) is 12.8 Å². The van der Waals surface area contributed by atoms with Crippen molar-refractivity contribution in [3.63, 3.8) is 0 Å². The lowest BCUT2D eigenvalue weighted by Gasteiger charge is -2.30. The molecule has 1 fully saturated rings. The van der Waals surface area contributed by atoms with Crippen LogP contribution in [0.25, 0.3) is 0 Å². The van der Waals surface area contributed by atoms with Crippen LogP contribution >= 0.6 is 0 Å². The van der Waals surface area contributed by atoms with Gasteiger partial charge in [0.2, 0.25) is 0 Å². The molecule has 0 atom stereocenters. The summed E-state index contributed by atoms with van der Waals surface area (Å²) in [6.45, 7) is 0.537. The van der Waals surface area contributed by atoms with Gasteiger partial charge in [-0.3, -0.25) is 0 Å². The molecule has 0 bridgehead atoms. The quantitative estimate of drug-likeness (QED) is 0.842. The molecule has 1 saturated carbocycles. The van der Waals surface area contributed by atoms with Crippen LogP contribution in [-0.4, -0.2) is 12.1 Å². The normalized spacial score (nSPS) is 17.7. The van der Waals surface area contributed by atoms with Crippen LogP contribution in [0.2, 0.25) is 0 Å². The molecule has 0 amide bonds. The molecule has 0 spiro atoms. The van der Waals surface area contributed by atoms with Crippen LogP contribution in [-0.2, 0) is 0 Å². The van der Waals surface area contributed by atoms with Crippen LogP contribution in [0.3, 0.4) is 0 Å². The van der Waals surface area contributed by atoms with E-state index in [1.165, 1.54) is 12.1 Å². The van der Waals surface area contributed by atoms with Crippen molar-refractivity contribution in [2.75, 3.05) is 11.9 Å². The molecule has 0 radical (unpaired) electrons. The highest BCUT2D eigenvalue weighted by atomic mass is 19.1. The molecular formula is C13H16FN3. The van der Waals surface area contributed by atoms with Crippen molar-refractivity contribution in [2.45, 2.75) is 31.2 Å². The molecular weight excluding hydrogens is 217 g/mol. The summed E-state index contributed by atoms with van der Waals surface area (Å²) in [5.74, 6) is -0.389. The summed E-state index contributed by atoms with van der Waals surface area (Å²) in [6, 6.07) is 6.24. The van der Waals surface area contributed by atoms with Crippen molar-refractivity contribution >= 4 is 5.69 Å². The molecule has 0 heterocycles. The van der Waals surface area contributed by atoms with E-state index in [2.05, 4.69) is 5.32 Å². The Morgan fingerprint density at radius 3 is 2.71 bits per heavy atom. The van der Waals surface area contributed by atoms with Gasteiger partial charge in [0.1, 0.15) is 11.9 Å². The molecule has 90 valence electrons. The molecule has 1 aliphatic rings. The van der Waals surface area contributed by atoms with Crippen molar-refractivity contribution in [2.24, 2.45) is 5.73 Å². The van der Waals surface area contributed by atoms with E-state index in [0.717, 1.165) is 25.7 Å². The Bertz CT molecular complexity index is 444. The van der Waals surface area contributed by atoms with Gasteiger partial charge in [0, 0.05) is 12.1 Å². The minimum absolute atomic E-state index is 0.122. The van der Waals surface area contributed by atoms with E-state index in [-0.39, 0.29) is 11.4 Å². The van der Waals surface area contributed by atoms with E-state index in [9.17, 15) is 4.39 Å². The lowest BCUT2D eigenvalue weighted by atomic mass is 9.96. The maximum Gasteiger partial charge on any atom is 0.124 e. The zero-order chi connectivity index (χ0) is 12.3. The largest absolute Gasteiger partial charge is 0.377 e. The van der Waals surface area contributed by atoms with Gasteiger partial charge in [-0.05, 0) is 31.0 Å². The lowest BCUT2D eigenvalue weighted by molar-refractivity contribution is 0.493. The number of hydrogen-bond donors (Lipinski definition) is 2. The van der Waals surface area contributed by atoms with Crippen LogP contribution in [0.15, 0.2) is 18.2 Å². The third-order valence-electron chi connectivity index (χ3n) is 3.45. The Morgan fingerprint density at radius 2 is 2.12 bits per heavy atom. The first kappa shape index (κ1) is 11.9. The maximum atomic E-state index is 13.0. The van der Waals surface area contributed by atoms with Crippen molar-refractivity contribution in [3.05, 3.63) is 29.6 Å². The van der Waals surface area contributed by atoms with E-state index >= 15 is 0 Å². The first-order valence-corrected chi connectivity index (χ1v) is 5.87.